The van der Waals surface area contributed by atoms with Crippen LogP contribution in [0.25, 0.3) is 0 Å². The van der Waals surface area contributed by atoms with Gasteiger partial charge < -0.3 is 15.3 Å². The highest BCUT2D eigenvalue weighted by Gasteiger charge is 2.26. The van der Waals surface area contributed by atoms with Gasteiger partial charge in [0.1, 0.15) is 0 Å². The number of amides is 1. The third kappa shape index (κ3) is 3.32. The van der Waals surface area contributed by atoms with Crippen molar-refractivity contribution in [3.8, 4) is 0 Å². The molecule has 18 heavy (non-hydrogen) atoms. The third-order valence-electron chi connectivity index (χ3n) is 3.75. The van der Waals surface area contributed by atoms with Crippen molar-refractivity contribution in [2.45, 2.75) is 31.7 Å². The van der Waals surface area contributed by atoms with Gasteiger partial charge >= 0.3 is 5.97 Å². The van der Waals surface area contributed by atoms with E-state index in [-0.39, 0.29) is 11.8 Å². The number of piperidine rings is 1. The van der Waals surface area contributed by atoms with Crippen LogP contribution in [-0.4, -0.2) is 47.6 Å². The number of hydrogen-bond acceptors (Lipinski definition) is 3. The number of nitrogens with one attached hydrogen (secondary N) is 1. The van der Waals surface area contributed by atoms with Crippen LogP contribution in [-0.2, 0) is 9.59 Å². The topological polar surface area (TPSA) is 69.6 Å². The minimum atomic E-state index is -0.739. The quantitative estimate of drug-likeness (QED) is 0.720. The first kappa shape index (κ1) is 13.1. The molecule has 0 radical (unpaired) electrons. The van der Waals surface area contributed by atoms with E-state index in [4.69, 9.17) is 5.11 Å². The maximum atomic E-state index is 11.9. The molecule has 5 nitrogen and oxygen atoms in total. The second kappa shape index (κ2) is 6.00. The Morgan fingerprint density at radius 3 is 2.39 bits per heavy atom. The normalized spacial score (nSPS) is 21.4. The number of carbonyl (C=O) groups is 2. The molecule has 0 atom stereocenters. The van der Waals surface area contributed by atoms with Gasteiger partial charge in [-0.15, -0.1) is 0 Å². The summed E-state index contributed by atoms with van der Waals surface area (Å²) < 4.78 is 0. The summed E-state index contributed by atoms with van der Waals surface area (Å²) in [7, 11) is 0. The molecule has 0 unspecified atom stereocenters. The van der Waals surface area contributed by atoms with E-state index in [0.29, 0.717) is 38.5 Å². The summed E-state index contributed by atoms with van der Waals surface area (Å²) in [6, 6.07) is 0.394. The predicted octanol–water partition coefficient (Wildman–Crippen LogP) is 0.618. The van der Waals surface area contributed by atoms with Crippen LogP contribution in [0.15, 0.2) is 12.2 Å². The zero-order chi connectivity index (χ0) is 13.0. The van der Waals surface area contributed by atoms with Crippen molar-refractivity contribution in [3.05, 3.63) is 12.2 Å². The standard InChI is InChI=1S/C13H20N2O3/c16-12(9-14-11-3-1-2-4-11)15-7-5-10(6-8-15)13(17)18/h1-2,10-11,14H,3-9H2,(H,17,18). The molecule has 1 saturated heterocycles. The van der Waals surface area contributed by atoms with E-state index in [9.17, 15) is 9.59 Å². The van der Waals surface area contributed by atoms with Crippen LogP contribution in [0.1, 0.15) is 25.7 Å². The van der Waals surface area contributed by atoms with Gasteiger partial charge in [0.25, 0.3) is 0 Å². The third-order valence-corrected chi connectivity index (χ3v) is 3.75. The number of carboxylic acids is 1. The molecule has 1 amide bonds. The molecule has 1 heterocycles. The van der Waals surface area contributed by atoms with E-state index < -0.39 is 5.97 Å². The lowest BCUT2D eigenvalue weighted by Crippen LogP contribution is -2.45. The highest BCUT2D eigenvalue weighted by molar-refractivity contribution is 5.79. The average molecular weight is 252 g/mol. The Bertz CT molecular complexity index is 338. The fourth-order valence-electron chi connectivity index (χ4n) is 2.50. The Balaban J connectivity index is 1.68. The fourth-order valence-corrected chi connectivity index (χ4v) is 2.50. The van der Waals surface area contributed by atoms with Gasteiger partial charge in [-0.3, -0.25) is 9.59 Å². The predicted molar refractivity (Wildman–Crippen MR) is 67.1 cm³/mol. The SMILES string of the molecule is O=C(O)C1CCN(C(=O)CNC2CC=CC2)CC1. The van der Waals surface area contributed by atoms with Gasteiger partial charge in [-0.1, -0.05) is 12.2 Å². The van der Waals surface area contributed by atoms with Crippen LogP contribution in [0.2, 0.25) is 0 Å². The van der Waals surface area contributed by atoms with Gasteiger partial charge in [-0.05, 0) is 25.7 Å². The lowest BCUT2D eigenvalue weighted by molar-refractivity contribution is -0.145. The summed E-state index contributed by atoms with van der Waals surface area (Å²) in [5.74, 6) is -0.927. The zero-order valence-electron chi connectivity index (χ0n) is 10.5. The lowest BCUT2D eigenvalue weighted by Gasteiger charge is -2.30. The number of nitrogens with zero attached hydrogens (tertiary/aromatic N) is 1. The van der Waals surface area contributed by atoms with Gasteiger partial charge in [0, 0.05) is 19.1 Å². The smallest absolute Gasteiger partial charge is 0.306 e. The molecular formula is C13H20N2O3. The van der Waals surface area contributed by atoms with E-state index in [2.05, 4.69) is 17.5 Å². The van der Waals surface area contributed by atoms with Crippen LogP contribution in [0.5, 0.6) is 0 Å². The first-order valence-electron chi connectivity index (χ1n) is 6.56. The van der Waals surface area contributed by atoms with Crippen molar-refractivity contribution in [3.63, 3.8) is 0 Å². The minimum Gasteiger partial charge on any atom is -0.481 e. The molecule has 0 aromatic heterocycles. The molecule has 1 aliphatic heterocycles. The molecule has 1 aliphatic carbocycles. The summed E-state index contributed by atoms with van der Waals surface area (Å²) in [6.45, 7) is 1.50. The van der Waals surface area contributed by atoms with E-state index in [1.54, 1.807) is 4.90 Å². The molecule has 0 bridgehead atoms. The summed E-state index contributed by atoms with van der Waals surface area (Å²) >= 11 is 0. The summed E-state index contributed by atoms with van der Waals surface area (Å²) in [5, 5.41) is 12.1. The number of hydrogen-bond donors (Lipinski definition) is 2. The molecule has 2 rings (SSSR count). The van der Waals surface area contributed by atoms with Crippen LogP contribution in [0.3, 0.4) is 0 Å². The van der Waals surface area contributed by atoms with Crippen LogP contribution in [0.4, 0.5) is 0 Å². The van der Waals surface area contributed by atoms with Crippen molar-refractivity contribution in [1.82, 2.24) is 10.2 Å². The Morgan fingerprint density at radius 1 is 1.22 bits per heavy atom. The second-order valence-electron chi connectivity index (χ2n) is 5.01. The number of aliphatic carboxylic acids is 1. The molecule has 0 spiro atoms. The number of likely N-dealkylation sites (tertiary alicyclic amines) is 1. The number of rotatable bonds is 4. The van der Waals surface area contributed by atoms with Gasteiger partial charge in [0.2, 0.25) is 5.91 Å². The molecule has 1 fully saturated rings. The summed E-state index contributed by atoms with van der Waals surface area (Å²) in [4.78, 5) is 24.5. The van der Waals surface area contributed by atoms with Gasteiger partial charge in [0.05, 0.1) is 12.5 Å². The number of carbonyl (C=O) groups excluding carboxylic acids is 1. The van der Waals surface area contributed by atoms with Crippen molar-refractivity contribution in [2.75, 3.05) is 19.6 Å². The average Bonchev–Trinajstić information content (AvgIpc) is 2.89. The highest BCUT2D eigenvalue weighted by atomic mass is 16.4. The van der Waals surface area contributed by atoms with E-state index >= 15 is 0 Å². The van der Waals surface area contributed by atoms with Crippen molar-refractivity contribution < 1.29 is 14.7 Å². The van der Waals surface area contributed by atoms with Gasteiger partial charge in [0.15, 0.2) is 0 Å². The zero-order valence-corrected chi connectivity index (χ0v) is 10.5. The highest BCUT2D eigenvalue weighted by Crippen LogP contribution is 2.17. The molecular weight excluding hydrogens is 232 g/mol. The lowest BCUT2D eigenvalue weighted by atomic mass is 9.97. The molecule has 2 aliphatic rings. The van der Waals surface area contributed by atoms with Crippen LogP contribution >= 0.6 is 0 Å². The minimum absolute atomic E-state index is 0.0886. The summed E-state index contributed by atoms with van der Waals surface area (Å²) in [6.07, 6.45) is 7.39. The van der Waals surface area contributed by atoms with Crippen LogP contribution in [0, 0.1) is 5.92 Å². The first-order chi connectivity index (χ1) is 8.66. The molecule has 2 N–H and O–H groups in total. The molecule has 0 aromatic rings. The number of carboxylic acid groups (broad SMARTS) is 1. The van der Waals surface area contributed by atoms with Gasteiger partial charge in [-0.2, -0.15) is 0 Å². The Labute approximate surface area is 107 Å². The van der Waals surface area contributed by atoms with Crippen molar-refractivity contribution in [1.29, 1.82) is 0 Å². The Kier molecular flexibility index (Phi) is 4.36. The van der Waals surface area contributed by atoms with Crippen molar-refractivity contribution >= 4 is 11.9 Å². The largest absolute Gasteiger partial charge is 0.481 e. The summed E-state index contributed by atoms with van der Waals surface area (Å²) in [5.41, 5.74) is 0. The van der Waals surface area contributed by atoms with Gasteiger partial charge in [-0.25, -0.2) is 0 Å². The first-order valence-corrected chi connectivity index (χ1v) is 6.56. The van der Waals surface area contributed by atoms with E-state index in [1.165, 1.54) is 0 Å². The molecule has 5 heteroatoms. The van der Waals surface area contributed by atoms with Crippen LogP contribution < -0.4 is 5.32 Å². The maximum absolute atomic E-state index is 11.9. The molecule has 0 saturated carbocycles. The van der Waals surface area contributed by atoms with Crippen molar-refractivity contribution in [2.24, 2.45) is 5.92 Å². The maximum Gasteiger partial charge on any atom is 0.306 e. The van der Waals surface area contributed by atoms with E-state index in [0.717, 1.165) is 12.8 Å². The Morgan fingerprint density at radius 2 is 1.83 bits per heavy atom. The second-order valence-corrected chi connectivity index (χ2v) is 5.01. The fraction of sp³-hybridized carbons (Fsp3) is 0.692. The Hall–Kier alpha value is -1.36. The van der Waals surface area contributed by atoms with E-state index in [1.807, 2.05) is 0 Å². The molecule has 100 valence electrons. The molecule has 0 aromatic carbocycles. The monoisotopic (exact) mass is 252 g/mol.